The van der Waals surface area contributed by atoms with Crippen molar-refractivity contribution in [3.8, 4) is 0 Å². The molecule has 0 N–H and O–H groups in total. The van der Waals surface area contributed by atoms with Gasteiger partial charge in [-0.15, -0.1) is 11.8 Å². The lowest BCUT2D eigenvalue weighted by atomic mass is 10.2. The Labute approximate surface area is 201 Å². The Hall–Kier alpha value is -2.62. The maximum Gasteiger partial charge on any atom is 0.229 e. The summed E-state index contributed by atoms with van der Waals surface area (Å²) in [4.78, 5) is 20.8. The van der Waals surface area contributed by atoms with Crippen molar-refractivity contribution in [3.05, 3.63) is 72.2 Å². The zero-order chi connectivity index (χ0) is 23.4. The van der Waals surface area contributed by atoms with Crippen LogP contribution in [0, 0.1) is 6.92 Å². The number of aromatic nitrogens is 1. The molecule has 0 saturated carbocycles. The summed E-state index contributed by atoms with van der Waals surface area (Å²) < 4.78 is 31.7. The van der Waals surface area contributed by atoms with Crippen LogP contribution in [0.4, 0.5) is 5.13 Å². The number of aryl methyl sites for hydroxylation is 1. The molecule has 2 aromatic heterocycles. The zero-order valence-corrected chi connectivity index (χ0v) is 20.8. The number of furan rings is 1. The number of hydrogen-bond donors (Lipinski definition) is 0. The average molecular weight is 501 g/mol. The van der Waals surface area contributed by atoms with E-state index in [0.29, 0.717) is 10.9 Å². The molecule has 4 aromatic rings. The summed E-state index contributed by atoms with van der Waals surface area (Å²) in [7, 11) is -3.45. The largest absolute Gasteiger partial charge is 0.467 e. The Morgan fingerprint density at radius 3 is 2.64 bits per heavy atom. The maximum absolute atomic E-state index is 13.2. The van der Waals surface area contributed by atoms with Crippen LogP contribution in [0.3, 0.4) is 0 Å². The normalized spacial score (nSPS) is 11.7. The number of carbonyl (C=O) groups is 1. The number of sulfone groups is 1. The van der Waals surface area contributed by atoms with Crippen molar-refractivity contribution in [2.45, 2.75) is 36.1 Å². The lowest BCUT2D eigenvalue weighted by molar-refractivity contribution is -0.118. The smallest absolute Gasteiger partial charge is 0.229 e. The summed E-state index contributed by atoms with van der Waals surface area (Å²) in [5.74, 6) is 0.363. The van der Waals surface area contributed by atoms with E-state index >= 15 is 0 Å². The number of anilines is 1. The van der Waals surface area contributed by atoms with Gasteiger partial charge in [-0.1, -0.05) is 29.0 Å². The zero-order valence-electron chi connectivity index (χ0n) is 18.4. The Kier molecular flexibility index (Phi) is 7.21. The average Bonchev–Trinajstić information content (AvgIpc) is 3.46. The molecule has 0 aliphatic rings. The van der Waals surface area contributed by atoms with E-state index in [1.807, 2.05) is 25.3 Å². The van der Waals surface area contributed by atoms with Gasteiger partial charge in [0, 0.05) is 11.3 Å². The van der Waals surface area contributed by atoms with E-state index in [1.165, 1.54) is 11.3 Å². The van der Waals surface area contributed by atoms with E-state index in [4.69, 9.17) is 4.42 Å². The number of fused-ring (bicyclic) bond motifs is 1. The van der Waals surface area contributed by atoms with E-state index in [-0.39, 0.29) is 35.9 Å². The molecule has 2 aromatic carbocycles. The Bertz CT molecular complexity index is 1340. The third-order valence-corrected chi connectivity index (χ3v) is 8.78. The summed E-state index contributed by atoms with van der Waals surface area (Å²) in [6, 6.07) is 16.4. The first-order valence-corrected chi connectivity index (χ1v) is 14.1. The minimum atomic E-state index is -3.45. The van der Waals surface area contributed by atoms with Crippen molar-refractivity contribution >= 4 is 54.2 Å². The van der Waals surface area contributed by atoms with E-state index in [0.717, 1.165) is 20.7 Å². The fourth-order valence-corrected chi connectivity index (χ4v) is 6.21. The summed E-state index contributed by atoms with van der Waals surface area (Å²) in [6.45, 7) is 2.15. The van der Waals surface area contributed by atoms with E-state index in [9.17, 15) is 13.2 Å². The molecule has 0 radical (unpaired) electrons. The van der Waals surface area contributed by atoms with Crippen LogP contribution in [-0.2, 0) is 21.2 Å². The first-order chi connectivity index (χ1) is 15.9. The fraction of sp³-hybridized carbons (Fsp3) is 0.250. The van der Waals surface area contributed by atoms with E-state index < -0.39 is 9.84 Å². The Morgan fingerprint density at radius 2 is 1.94 bits per heavy atom. The number of thioether (sulfide) groups is 1. The number of thiazole rings is 1. The molecule has 0 bridgehead atoms. The highest BCUT2D eigenvalue weighted by molar-refractivity contribution is 7.98. The van der Waals surface area contributed by atoms with E-state index in [2.05, 4.69) is 11.1 Å². The van der Waals surface area contributed by atoms with Gasteiger partial charge in [0.2, 0.25) is 5.91 Å². The van der Waals surface area contributed by atoms with E-state index in [1.54, 1.807) is 59.3 Å². The third kappa shape index (κ3) is 5.66. The van der Waals surface area contributed by atoms with Gasteiger partial charge in [-0.2, -0.15) is 0 Å². The molecule has 0 atom stereocenters. The minimum absolute atomic E-state index is 0.0900. The van der Waals surface area contributed by atoms with Crippen LogP contribution >= 0.6 is 23.1 Å². The van der Waals surface area contributed by atoms with Gasteiger partial charge < -0.3 is 4.42 Å². The van der Waals surface area contributed by atoms with Crippen LogP contribution in [0.25, 0.3) is 10.2 Å². The molecule has 6 nitrogen and oxygen atoms in total. The number of hydrogen-bond acceptors (Lipinski definition) is 7. The number of rotatable bonds is 9. The van der Waals surface area contributed by atoms with Crippen LogP contribution in [0.15, 0.2) is 75.1 Å². The topological polar surface area (TPSA) is 80.5 Å². The molecule has 0 saturated heterocycles. The van der Waals surface area contributed by atoms with Gasteiger partial charge in [-0.05, 0) is 62.1 Å². The molecule has 4 rings (SSSR count). The highest BCUT2D eigenvalue weighted by Crippen LogP contribution is 2.33. The van der Waals surface area contributed by atoms with Crippen LogP contribution < -0.4 is 4.90 Å². The first-order valence-electron chi connectivity index (χ1n) is 10.4. The molecular formula is C24H24N2O4S3. The van der Waals surface area contributed by atoms with Gasteiger partial charge in [0.15, 0.2) is 15.0 Å². The van der Waals surface area contributed by atoms with Gasteiger partial charge in [0.25, 0.3) is 0 Å². The lowest BCUT2D eigenvalue weighted by Gasteiger charge is -2.18. The number of nitrogens with zero attached hydrogens (tertiary/aromatic N) is 2. The Morgan fingerprint density at radius 1 is 1.15 bits per heavy atom. The fourth-order valence-electron chi connectivity index (χ4n) is 3.37. The second-order valence-electron chi connectivity index (χ2n) is 7.62. The summed E-state index contributed by atoms with van der Waals surface area (Å²) in [5, 5.41) is 0.575. The molecule has 0 unspecified atom stereocenters. The molecule has 2 heterocycles. The quantitative estimate of drug-likeness (QED) is 0.274. The second kappa shape index (κ2) is 10.1. The third-order valence-electron chi connectivity index (χ3n) is 5.19. The molecular weight excluding hydrogens is 476 g/mol. The molecule has 0 aliphatic carbocycles. The van der Waals surface area contributed by atoms with Gasteiger partial charge in [0.1, 0.15) is 5.76 Å². The molecule has 172 valence electrons. The summed E-state index contributed by atoms with van der Waals surface area (Å²) in [5.41, 5.74) is 1.82. The summed E-state index contributed by atoms with van der Waals surface area (Å²) in [6.07, 6.45) is 3.90. The molecule has 33 heavy (non-hydrogen) atoms. The van der Waals surface area contributed by atoms with Crippen LogP contribution in [-0.4, -0.2) is 31.3 Å². The Balaban J connectivity index is 1.51. The second-order valence-corrected chi connectivity index (χ2v) is 11.6. The predicted octanol–water partition coefficient (Wildman–Crippen LogP) is 5.71. The maximum atomic E-state index is 13.2. The van der Waals surface area contributed by atoms with Gasteiger partial charge in [-0.25, -0.2) is 13.4 Å². The molecule has 1 amide bonds. The van der Waals surface area contributed by atoms with Gasteiger partial charge in [0.05, 0.1) is 33.7 Å². The number of carbonyl (C=O) groups excluding carboxylic acids is 1. The molecule has 0 fully saturated rings. The standard InChI is InChI=1S/C24H24N2O4S3/c1-17-7-10-20(11-8-17)33(28,29)14-4-6-23(27)26(16-18-5-3-13-30-18)24-25-21-12-9-19(31-2)15-22(21)32-24/h3,5,7-13,15H,4,6,14,16H2,1-2H3. The van der Waals surface area contributed by atoms with Crippen molar-refractivity contribution in [3.63, 3.8) is 0 Å². The monoisotopic (exact) mass is 500 g/mol. The van der Waals surface area contributed by atoms with Crippen molar-refractivity contribution in [2.24, 2.45) is 0 Å². The molecule has 9 heteroatoms. The van der Waals surface area contributed by atoms with Gasteiger partial charge >= 0.3 is 0 Å². The van der Waals surface area contributed by atoms with Crippen LogP contribution in [0.5, 0.6) is 0 Å². The first kappa shape index (κ1) is 23.5. The lowest BCUT2D eigenvalue weighted by Crippen LogP contribution is -2.30. The van der Waals surface area contributed by atoms with Crippen molar-refractivity contribution in [1.82, 2.24) is 4.98 Å². The van der Waals surface area contributed by atoms with Crippen molar-refractivity contribution in [2.75, 3.05) is 16.9 Å². The van der Waals surface area contributed by atoms with Crippen LogP contribution in [0.1, 0.15) is 24.2 Å². The number of benzene rings is 2. The summed E-state index contributed by atoms with van der Waals surface area (Å²) >= 11 is 3.09. The predicted molar refractivity (Wildman–Crippen MR) is 134 cm³/mol. The highest BCUT2D eigenvalue weighted by Gasteiger charge is 2.22. The van der Waals surface area contributed by atoms with Gasteiger partial charge in [-0.3, -0.25) is 9.69 Å². The minimum Gasteiger partial charge on any atom is -0.467 e. The number of amides is 1. The van der Waals surface area contributed by atoms with Crippen molar-refractivity contribution < 1.29 is 17.6 Å². The van der Waals surface area contributed by atoms with Crippen LogP contribution in [0.2, 0.25) is 0 Å². The highest BCUT2D eigenvalue weighted by atomic mass is 32.2. The SMILES string of the molecule is CSc1ccc2nc(N(Cc3ccco3)C(=O)CCCS(=O)(=O)c3ccc(C)cc3)sc2c1. The van der Waals surface area contributed by atoms with Crippen molar-refractivity contribution in [1.29, 1.82) is 0 Å². The molecule has 0 aliphatic heterocycles. The molecule has 0 spiro atoms.